The van der Waals surface area contributed by atoms with Crippen molar-refractivity contribution in [2.75, 3.05) is 19.7 Å². The van der Waals surface area contributed by atoms with E-state index in [1.807, 2.05) is 31.2 Å². The molecule has 1 N–H and O–H groups in total. The molecule has 6 heteroatoms. The molecular formula is C17H20N2O4. The fourth-order valence-corrected chi connectivity index (χ4v) is 2.81. The van der Waals surface area contributed by atoms with Crippen molar-refractivity contribution in [2.45, 2.75) is 25.4 Å². The summed E-state index contributed by atoms with van der Waals surface area (Å²) in [6.45, 7) is 2.92. The Morgan fingerprint density at radius 1 is 1.48 bits per heavy atom. The van der Waals surface area contributed by atoms with Gasteiger partial charge in [0.25, 0.3) is 5.91 Å². The Kier molecular flexibility index (Phi) is 4.34. The third-order valence-electron chi connectivity index (χ3n) is 4.08. The third kappa shape index (κ3) is 3.53. The summed E-state index contributed by atoms with van der Waals surface area (Å²) >= 11 is 0. The number of amides is 1. The number of nitrogens with zero attached hydrogens (tertiary/aromatic N) is 2. The molecule has 0 unspecified atom stereocenters. The number of oxazole rings is 1. The van der Waals surface area contributed by atoms with Gasteiger partial charge in [-0.25, -0.2) is 4.98 Å². The Morgan fingerprint density at radius 2 is 2.30 bits per heavy atom. The first-order chi connectivity index (χ1) is 11.1. The van der Waals surface area contributed by atoms with Crippen molar-refractivity contribution in [3.05, 3.63) is 48.2 Å². The van der Waals surface area contributed by atoms with Crippen LogP contribution in [0.3, 0.4) is 0 Å². The molecule has 1 aromatic carbocycles. The third-order valence-corrected chi connectivity index (χ3v) is 4.08. The van der Waals surface area contributed by atoms with Gasteiger partial charge in [-0.2, -0.15) is 0 Å². The molecule has 0 spiro atoms. The molecule has 0 bridgehead atoms. The zero-order chi connectivity index (χ0) is 16.3. The highest BCUT2D eigenvalue weighted by atomic mass is 16.5. The number of piperidine rings is 1. The number of likely N-dealkylation sites (tertiary alicyclic amines) is 1. The smallest absolute Gasteiger partial charge is 0.291 e. The lowest BCUT2D eigenvalue weighted by molar-refractivity contribution is -0.0538. The number of para-hydroxylation sites is 1. The Balaban J connectivity index is 1.65. The predicted molar refractivity (Wildman–Crippen MR) is 83.3 cm³/mol. The van der Waals surface area contributed by atoms with Crippen LogP contribution in [0, 0.1) is 6.92 Å². The standard InChI is InChI=1S/C17H20N2O4/c1-13-5-2-3-6-14(13)22-11-17(21)7-4-8-19(10-17)16(20)15-9-18-12-23-15/h2-3,5-6,9,12,21H,4,7-8,10-11H2,1H3/t17-/m1/s1. The molecular weight excluding hydrogens is 296 g/mol. The number of aliphatic hydroxyl groups is 1. The normalized spacial score (nSPS) is 21.2. The molecule has 3 rings (SSSR count). The number of β-amino-alcohol motifs (C(OH)–C–C–N with tert-alkyl or cyclic N) is 1. The number of rotatable bonds is 4. The maximum absolute atomic E-state index is 12.3. The minimum Gasteiger partial charge on any atom is -0.490 e. The lowest BCUT2D eigenvalue weighted by atomic mass is 9.93. The topological polar surface area (TPSA) is 75.8 Å². The summed E-state index contributed by atoms with van der Waals surface area (Å²) in [7, 11) is 0. The van der Waals surface area contributed by atoms with E-state index >= 15 is 0 Å². The van der Waals surface area contributed by atoms with Gasteiger partial charge in [-0.15, -0.1) is 0 Å². The highest BCUT2D eigenvalue weighted by Gasteiger charge is 2.37. The van der Waals surface area contributed by atoms with Gasteiger partial charge in [-0.05, 0) is 31.4 Å². The second kappa shape index (κ2) is 6.42. The number of ether oxygens (including phenoxy) is 1. The molecule has 6 nitrogen and oxygen atoms in total. The van der Waals surface area contributed by atoms with E-state index in [4.69, 9.17) is 9.15 Å². The first-order valence-electron chi connectivity index (χ1n) is 7.66. The van der Waals surface area contributed by atoms with Crippen LogP contribution >= 0.6 is 0 Å². The quantitative estimate of drug-likeness (QED) is 0.934. The summed E-state index contributed by atoms with van der Waals surface area (Å²) in [4.78, 5) is 17.7. The predicted octanol–water partition coefficient (Wildman–Crippen LogP) is 2.03. The SMILES string of the molecule is Cc1ccccc1OC[C@@]1(O)CCCN(C(=O)c2cnco2)C1. The van der Waals surface area contributed by atoms with Crippen molar-refractivity contribution >= 4 is 5.91 Å². The lowest BCUT2D eigenvalue weighted by Gasteiger charge is -2.38. The number of aromatic nitrogens is 1. The second-order valence-corrected chi connectivity index (χ2v) is 5.97. The van der Waals surface area contributed by atoms with E-state index in [9.17, 15) is 9.90 Å². The summed E-state index contributed by atoms with van der Waals surface area (Å²) in [6, 6.07) is 7.67. The number of carbonyl (C=O) groups is 1. The van der Waals surface area contributed by atoms with Gasteiger partial charge in [0.2, 0.25) is 5.76 Å². The summed E-state index contributed by atoms with van der Waals surface area (Å²) < 4.78 is 10.8. The number of benzene rings is 1. The highest BCUT2D eigenvalue weighted by molar-refractivity contribution is 5.91. The molecule has 0 radical (unpaired) electrons. The maximum atomic E-state index is 12.3. The zero-order valence-corrected chi connectivity index (χ0v) is 13.1. The van der Waals surface area contributed by atoms with Crippen molar-refractivity contribution in [1.29, 1.82) is 0 Å². The number of carbonyl (C=O) groups excluding carboxylic acids is 1. The van der Waals surface area contributed by atoms with Gasteiger partial charge >= 0.3 is 0 Å². The van der Waals surface area contributed by atoms with Crippen molar-refractivity contribution in [2.24, 2.45) is 0 Å². The molecule has 23 heavy (non-hydrogen) atoms. The Hall–Kier alpha value is -2.34. The van der Waals surface area contributed by atoms with E-state index in [1.165, 1.54) is 12.6 Å². The number of hydrogen-bond acceptors (Lipinski definition) is 5. The van der Waals surface area contributed by atoms with Crippen LogP contribution in [-0.2, 0) is 0 Å². The Bertz CT molecular complexity index is 671. The van der Waals surface area contributed by atoms with Gasteiger partial charge < -0.3 is 19.2 Å². The van der Waals surface area contributed by atoms with Crippen LogP contribution in [0.15, 0.2) is 41.3 Å². The van der Waals surface area contributed by atoms with Crippen LogP contribution in [0.5, 0.6) is 5.75 Å². The average molecular weight is 316 g/mol. The van der Waals surface area contributed by atoms with Gasteiger partial charge in [0.05, 0.1) is 12.7 Å². The summed E-state index contributed by atoms with van der Waals surface area (Å²) in [5, 5.41) is 10.8. The Labute approximate surface area is 134 Å². The van der Waals surface area contributed by atoms with Crippen LogP contribution in [0.2, 0.25) is 0 Å². The van der Waals surface area contributed by atoms with E-state index in [2.05, 4.69) is 4.98 Å². The molecule has 1 atom stereocenters. The molecule has 1 aliphatic heterocycles. The minimum atomic E-state index is -1.06. The van der Waals surface area contributed by atoms with Gasteiger partial charge in [-0.1, -0.05) is 18.2 Å². The number of hydrogen-bond donors (Lipinski definition) is 1. The summed E-state index contributed by atoms with van der Waals surface area (Å²) in [5.41, 5.74) is -0.0440. The van der Waals surface area contributed by atoms with Crippen LogP contribution < -0.4 is 4.74 Å². The summed E-state index contributed by atoms with van der Waals surface area (Å²) in [6.07, 6.45) is 3.93. The van der Waals surface area contributed by atoms with Crippen molar-refractivity contribution in [1.82, 2.24) is 9.88 Å². The lowest BCUT2D eigenvalue weighted by Crippen LogP contribution is -2.53. The zero-order valence-electron chi connectivity index (χ0n) is 13.1. The summed E-state index contributed by atoms with van der Waals surface area (Å²) in [5.74, 6) is 0.685. The van der Waals surface area contributed by atoms with Crippen LogP contribution in [0.1, 0.15) is 29.0 Å². The van der Waals surface area contributed by atoms with Crippen LogP contribution in [0.4, 0.5) is 0 Å². The fraction of sp³-hybridized carbons (Fsp3) is 0.412. The molecule has 2 aromatic rings. The largest absolute Gasteiger partial charge is 0.490 e. The van der Waals surface area contributed by atoms with Crippen molar-refractivity contribution in [3.63, 3.8) is 0 Å². The molecule has 122 valence electrons. The van der Waals surface area contributed by atoms with Gasteiger partial charge in [0, 0.05) is 6.54 Å². The molecule has 1 aliphatic rings. The van der Waals surface area contributed by atoms with Crippen molar-refractivity contribution in [3.8, 4) is 5.75 Å². The molecule has 1 aromatic heterocycles. The second-order valence-electron chi connectivity index (χ2n) is 5.97. The first kappa shape index (κ1) is 15.6. The Morgan fingerprint density at radius 3 is 3.04 bits per heavy atom. The van der Waals surface area contributed by atoms with E-state index in [1.54, 1.807) is 4.90 Å². The minimum absolute atomic E-state index is 0.151. The van der Waals surface area contributed by atoms with Gasteiger partial charge in [-0.3, -0.25) is 4.79 Å². The average Bonchev–Trinajstić information content (AvgIpc) is 3.08. The van der Waals surface area contributed by atoms with E-state index in [0.29, 0.717) is 19.4 Å². The van der Waals surface area contributed by atoms with E-state index in [-0.39, 0.29) is 24.8 Å². The van der Waals surface area contributed by atoms with Crippen LogP contribution in [0.25, 0.3) is 0 Å². The van der Waals surface area contributed by atoms with Gasteiger partial charge in [0.1, 0.15) is 18.0 Å². The van der Waals surface area contributed by atoms with E-state index < -0.39 is 5.60 Å². The molecule has 0 aliphatic carbocycles. The molecule has 2 heterocycles. The first-order valence-corrected chi connectivity index (χ1v) is 7.66. The maximum Gasteiger partial charge on any atom is 0.291 e. The molecule has 0 saturated carbocycles. The van der Waals surface area contributed by atoms with Gasteiger partial charge in [0.15, 0.2) is 6.39 Å². The molecule has 1 amide bonds. The van der Waals surface area contributed by atoms with Crippen LogP contribution in [-0.4, -0.2) is 46.2 Å². The monoisotopic (exact) mass is 316 g/mol. The molecule has 1 fully saturated rings. The fourth-order valence-electron chi connectivity index (χ4n) is 2.81. The number of aryl methyl sites for hydroxylation is 1. The van der Waals surface area contributed by atoms with Crippen molar-refractivity contribution < 1.29 is 19.1 Å². The molecule has 1 saturated heterocycles. The van der Waals surface area contributed by atoms with E-state index in [0.717, 1.165) is 11.3 Å². The highest BCUT2D eigenvalue weighted by Crippen LogP contribution is 2.25.